The van der Waals surface area contributed by atoms with E-state index in [1.807, 2.05) is 54.3 Å². The summed E-state index contributed by atoms with van der Waals surface area (Å²) >= 11 is 6.01. The number of rotatable bonds is 1. The Bertz CT molecular complexity index is 726. The zero-order chi connectivity index (χ0) is 14.3. The van der Waals surface area contributed by atoms with E-state index in [0.29, 0.717) is 10.7 Å². The maximum Gasteiger partial charge on any atom is 0.252 e. The minimum Gasteiger partial charge on any atom is -0.309 e. The zero-order valence-electron chi connectivity index (χ0n) is 11.1. The van der Waals surface area contributed by atoms with Gasteiger partial charge in [-0.05, 0) is 36.8 Å². The van der Waals surface area contributed by atoms with Crippen LogP contribution in [0.1, 0.15) is 5.56 Å². The van der Waals surface area contributed by atoms with E-state index < -0.39 is 0 Å². The molecule has 20 heavy (non-hydrogen) atoms. The normalized spacial score (nSPS) is 14.0. The zero-order valence-corrected chi connectivity index (χ0v) is 11.8. The molecule has 0 unspecified atom stereocenters. The fraction of sp³-hybridized carbons (Fsp3) is 0.0625. The highest BCUT2D eigenvalue weighted by atomic mass is 35.5. The van der Waals surface area contributed by atoms with Crippen molar-refractivity contribution in [3.05, 3.63) is 65.3 Å². The van der Waals surface area contributed by atoms with E-state index in [0.717, 1.165) is 22.4 Å². The first-order chi connectivity index (χ1) is 9.58. The quantitative estimate of drug-likeness (QED) is 0.591. The molecule has 2 nitrogen and oxygen atoms in total. The van der Waals surface area contributed by atoms with Crippen molar-refractivity contribution in [2.24, 2.45) is 0 Å². The number of para-hydroxylation sites is 1. The number of halogens is 1. The molecule has 0 saturated carbocycles. The predicted octanol–water partition coefficient (Wildman–Crippen LogP) is 3.17. The van der Waals surface area contributed by atoms with Crippen molar-refractivity contribution in [1.29, 1.82) is 0 Å². The standard InChI is InChI=1S/C16H12BClNO/c1-10-9-12(18)7-8-14(10)19-11(2)16(20)17-13-5-3-4-6-15(13)19/h3-9H,2H2,1H3. The number of carbonyl (C=O) groups excluding carboxylic acids is 1. The largest absolute Gasteiger partial charge is 0.309 e. The number of carbonyl (C=O) groups is 1. The van der Waals surface area contributed by atoms with Gasteiger partial charge in [0.05, 0.1) is 5.70 Å². The van der Waals surface area contributed by atoms with Gasteiger partial charge in [0.15, 0.2) is 0 Å². The van der Waals surface area contributed by atoms with Crippen molar-refractivity contribution in [2.45, 2.75) is 6.92 Å². The highest BCUT2D eigenvalue weighted by molar-refractivity contribution is 6.89. The number of hydrogen-bond donors (Lipinski definition) is 0. The Morgan fingerprint density at radius 3 is 2.65 bits per heavy atom. The lowest BCUT2D eigenvalue weighted by atomic mass is 9.62. The highest BCUT2D eigenvalue weighted by Gasteiger charge is 2.28. The molecule has 4 heteroatoms. The Morgan fingerprint density at radius 1 is 1.15 bits per heavy atom. The van der Waals surface area contributed by atoms with Gasteiger partial charge in [-0.3, -0.25) is 0 Å². The van der Waals surface area contributed by atoms with Gasteiger partial charge < -0.3 is 9.69 Å². The van der Waals surface area contributed by atoms with Crippen molar-refractivity contribution in [3.8, 4) is 0 Å². The summed E-state index contributed by atoms with van der Waals surface area (Å²) in [4.78, 5) is 14.0. The topological polar surface area (TPSA) is 20.3 Å². The van der Waals surface area contributed by atoms with Crippen molar-refractivity contribution in [3.63, 3.8) is 0 Å². The average Bonchev–Trinajstić information content (AvgIpc) is 2.42. The molecule has 0 fully saturated rings. The summed E-state index contributed by atoms with van der Waals surface area (Å²) in [6, 6.07) is 13.4. The molecule has 3 rings (SSSR count). The van der Waals surface area contributed by atoms with Gasteiger partial charge in [-0.2, -0.15) is 0 Å². The van der Waals surface area contributed by atoms with Crippen LogP contribution in [-0.4, -0.2) is 13.0 Å². The molecule has 0 N–H and O–H groups in total. The number of benzene rings is 2. The van der Waals surface area contributed by atoms with Gasteiger partial charge in [-0.1, -0.05) is 41.8 Å². The van der Waals surface area contributed by atoms with Crippen molar-refractivity contribution < 1.29 is 4.79 Å². The molecule has 1 heterocycles. The first-order valence-electron chi connectivity index (χ1n) is 6.31. The van der Waals surface area contributed by atoms with Crippen LogP contribution in [0.3, 0.4) is 0 Å². The summed E-state index contributed by atoms with van der Waals surface area (Å²) in [6.45, 7) is 5.90. The van der Waals surface area contributed by atoms with Crippen LogP contribution >= 0.6 is 11.6 Å². The Balaban J connectivity index is 2.21. The number of hydrogen-bond acceptors (Lipinski definition) is 2. The molecular formula is C16H12BClNO. The Labute approximate surface area is 123 Å². The Hall–Kier alpha value is -2.00. The van der Waals surface area contributed by atoms with Gasteiger partial charge >= 0.3 is 0 Å². The molecule has 0 spiro atoms. The average molecular weight is 281 g/mol. The van der Waals surface area contributed by atoms with E-state index in [-0.39, 0.29) is 5.68 Å². The maximum absolute atomic E-state index is 12.1. The first-order valence-corrected chi connectivity index (χ1v) is 6.69. The smallest absolute Gasteiger partial charge is 0.252 e. The molecule has 0 amide bonds. The third-order valence-corrected chi connectivity index (χ3v) is 3.65. The fourth-order valence-electron chi connectivity index (χ4n) is 2.44. The molecule has 97 valence electrons. The number of anilines is 2. The summed E-state index contributed by atoms with van der Waals surface area (Å²) in [5.74, 6) is 0. The number of aryl methyl sites for hydroxylation is 1. The Morgan fingerprint density at radius 2 is 1.90 bits per heavy atom. The van der Waals surface area contributed by atoms with Crippen LogP contribution < -0.4 is 10.4 Å². The van der Waals surface area contributed by atoms with Gasteiger partial charge in [-0.25, -0.2) is 0 Å². The van der Waals surface area contributed by atoms with Crippen LogP contribution in [-0.2, 0) is 4.79 Å². The molecule has 1 aliphatic heterocycles. The minimum atomic E-state index is -0.0713. The van der Waals surface area contributed by atoms with Gasteiger partial charge in [0, 0.05) is 16.4 Å². The summed E-state index contributed by atoms with van der Waals surface area (Å²) in [6.07, 6.45) is 0. The van der Waals surface area contributed by atoms with Crippen LogP contribution in [0.15, 0.2) is 54.7 Å². The third kappa shape index (κ3) is 2.04. The van der Waals surface area contributed by atoms with E-state index in [4.69, 9.17) is 11.6 Å². The molecule has 0 bridgehead atoms. The molecule has 1 aliphatic rings. The van der Waals surface area contributed by atoms with Crippen LogP contribution in [0.5, 0.6) is 0 Å². The minimum absolute atomic E-state index is 0.0713. The molecular weight excluding hydrogens is 268 g/mol. The lowest BCUT2D eigenvalue weighted by Crippen LogP contribution is -2.40. The summed E-state index contributed by atoms with van der Waals surface area (Å²) in [7, 11) is 1.62. The van der Waals surface area contributed by atoms with Crippen LogP contribution in [0.25, 0.3) is 0 Å². The summed E-state index contributed by atoms with van der Waals surface area (Å²) in [5, 5.41) is 0.681. The SMILES string of the molecule is C=C1C(=O)[B]c2ccccc2N1c1ccc(Cl)cc1C. The van der Waals surface area contributed by atoms with E-state index in [9.17, 15) is 4.79 Å². The molecule has 0 aromatic heterocycles. The van der Waals surface area contributed by atoms with E-state index >= 15 is 0 Å². The third-order valence-electron chi connectivity index (χ3n) is 3.42. The van der Waals surface area contributed by atoms with Gasteiger partial charge in [-0.15, -0.1) is 0 Å². The summed E-state index contributed by atoms with van der Waals surface area (Å²) < 4.78 is 0. The van der Waals surface area contributed by atoms with Crippen LogP contribution in [0, 0.1) is 6.92 Å². The second kappa shape index (κ2) is 4.84. The van der Waals surface area contributed by atoms with Crippen molar-refractivity contribution in [1.82, 2.24) is 0 Å². The highest BCUT2D eigenvalue weighted by Crippen LogP contribution is 2.34. The molecule has 1 radical (unpaired) electrons. The second-order valence-corrected chi connectivity index (χ2v) is 5.22. The van der Waals surface area contributed by atoms with E-state index in [1.54, 1.807) is 7.28 Å². The monoisotopic (exact) mass is 280 g/mol. The molecule has 0 atom stereocenters. The number of nitrogens with zero attached hydrogens (tertiary/aromatic N) is 1. The van der Waals surface area contributed by atoms with Crippen molar-refractivity contribution in [2.75, 3.05) is 4.90 Å². The lowest BCUT2D eigenvalue weighted by Gasteiger charge is -2.33. The molecule has 0 aliphatic carbocycles. The van der Waals surface area contributed by atoms with Crippen LogP contribution in [0.4, 0.5) is 11.4 Å². The van der Waals surface area contributed by atoms with Gasteiger partial charge in [0.2, 0.25) is 0 Å². The van der Waals surface area contributed by atoms with E-state index in [1.165, 1.54) is 0 Å². The Kier molecular flexibility index (Phi) is 3.15. The first kappa shape index (κ1) is 13.0. The fourth-order valence-corrected chi connectivity index (χ4v) is 2.66. The number of allylic oxidation sites excluding steroid dienone is 1. The maximum atomic E-state index is 12.1. The summed E-state index contributed by atoms with van der Waals surface area (Å²) in [5.41, 5.74) is 4.17. The van der Waals surface area contributed by atoms with Gasteiger partial charge in [0.25, 0.3) is 7.28 Å². The molecule has 2 aromatic carbocycles. The number of fused-ring (bicyclic) bond motifs is 1. The van der Waals surface area contributed by atoms with Gasteiger partial charge in [0.1, 0.15) is 5.68 Å². The molecule has 2 aromatic rings. The van der Waals surface area contributed by atoms with E-state index in [2.05, 4.69) is 6.58 Å². The lowest BCUT2D eigenvalue weighted by molar-refractivity contribution is -0.108. The second-order valence-electron chi connectivity index (χ2n) is 4.78. The molecule has 0 saturated heterocycles. The predicted molar refractivity (Wildman–Crippen MR) is 84.3 cm³/mol. The van der Waals surface area contributed by atoms with Crippen LogP contribution in [0.2, 0.25) is 5.02 Å². The van der Waals surface area contributed by atoms with Crippen molar-refractivity contribution >= 4 is 41.4 Å².